The first-order valence-electron chi connectivity index (χ1n) is 10.2. The number of benzene rings is 5. The SMILES string of the molecule is Ic1ccc2c(c1)C(c1ccccc1)(c1ccccc1)c1ccc3ccccc3c1-2. The Balaban J connectivity index is 1.86. The van der Waals surface area contributed by atoms with Crippen LogP contribution in [0.1, 0.15) is 22.3 Å². The summed E-state index contributed by atoms with van der Waals surface area (Å²) >= 11 is 2.45. The van der Waals surface area contributed by atoms with Crippen LogP contribution in [0.4, 0.5) is 0 Å². The van der Waals surface area contributed by atoms with Gasteiger partial charge in [0, 0.05) is 3.57 Å². The van der Waals surface area contributed by atoms with Crippen LogP contribution in [0.25, 0.3) is 21.9 Å². The molecule has 0 unspecified atom stereocenters. The van der Waals surface area contributed by atoms with Crippen molar-refractivity contribution in [3.63, 3.8) is 0 Å². The molecule has 5 aromatic carbocycles. The fourth-order valence-corrected chi connectivity index (χ4v) is 5.72. The van der Waals surface area contributed by atoms with Crippen LogP contribution in [-0.2, 0) is 5.41 Å². The lowest BCUT2D eigenvalue weighted by atomic mass is 9.67. The van der Waals surface area contributed by atoms with E-state index in [0.717, 1.165) is 0 Å². The Bertz CT molecular complexity index is 1350. The van der Waals surface area contributed by atoms with Gasteiger partial charge in [0.25, 0.3) is 0 Å². The van der Waals surface area contributed by atoms with Crippen molar-refractivity contribution in [1.29, 1.82) is 0 Å². The average Bonchev–Trinajstić information content (AvgIpc) is 3.11. The first kappa shape index (κ1) is 17.9. The third-order valence-electron chi connectivity index (χ3n) is 6.40. The minimum atomic E-state index is -0.321. The monoisotopic (exact) mass is 494 g/mol. The van der Waals surface area contributed by atoms with E-state index in [9.17, 15) is 0 Å². The Morgan fingerprint density at radius 1 is 0.533 bits per heavy atom. The molecule has 0 atom stereocenters. The predicted octanol–water partition coefficient (Wildman–Crippen LogP) is 7.81. The molecule has 1 heteroatoms. The lowest BCUT2D eigenvalue weighted by Crippen LogP contribution is -2.28. The van der Waals surface area contributed by atoms with Crippen molar-refractivity contribution in [3.05, 3.63) is 141 Å². The van der Waals surface area contributed by atoms with E-state index in [2.05, 4.69) is 138 Å². The molecule has 0 aromatic heterocycles. The number of halogens is 1. The zero-order valence-corrected chi connectivity index (χ0v) is 18.5. The van der Waals surface area contributed by atoms with Gasteiger partial charge in [0.2, 0.25) is 0 Å². The summed E-state index contributed by atoms with van der Waals surface area (Å²) in [7, 11) is 0. The van der Waals surface area contributed by atoms with E-state index in [1.807, 2.05) is 0 Å². The Kier molecular flexibility index (Phi) is 4.07. The first-order valence-corrected chi connectivity index (χ1v) is 11.3. The second-order valence-corrected chi connectivity index (χ2v) is 9.13. The van der Waals surface area contributed by atoms with Gasteiger partial charge in [-0.1, -0.05) is 103 Å². The Morgan fingerprint density at radius 2 is 1.17 bits per heavy atom. The van der Waals surface area contributed by atoms with Crippen molar-refractivity contribution in [1.82, 2.24) is 0 Å². The molecule has 142 valence electrons. The third kappa shape index (κ3) is 2.39. The molecule has 0 bridgehead atoms. The third-order valence-corrected chi connectivity index (χ3v) is 7.07. The maximum Gasteiger partial charge on any atom is 0.0714 e. The zero-order chi connectivity index (χ0) is 20.1. The maximum absolute atomic E-state index is 2.45. The second kappa shape index (κ2) is 6.82. The van der Waals surface area contributed by atoms with Crippen LogP contribution in [0.3, 0.4) is 0 Å². The summed E-state index contributed by atoms with van der Waals surface area (Å²) in [5, 5.41) is 2.61. The average molecular weight is 494 g/mol. The molecule has 0 aliphatic heterocycles. The molecule has 1 aliphatic carbocycles. The van der Waals surface area contributed by atoms with Crippen LogP contribution in [0, 0.1) is 3.57 Å². The van der Waals surface area contributed by atoms with Crippen molar-refractivity contribution in [2.45, 2.75) is 5.41 Å². The molecule has 0 heterocycles. The molecule has 0 saturated carbocycles. The van der Waals surface area contributed by atoms with Crippen molar-refractivity contribution in [2.75, 3.05) is 0 Å². The van der Waals surface area contributed by atoms with Crippen LogP contribution in [-0.4, -0.2) is 0 Å². The lowest BCUT2D eigenvalue weighted by molar-refractivity contribution is 0.768. The van der Waals surface area contributed by atoms with E-state index in [1.165, 1.54) is 47.7 Å². The molecule has 0 spiro atoms. The van der Waals surface area contributed by atoms with E-state index < -0.39 is 0 Å². The highest BCUT2D eigenvalue weighted by Gasteiger charge is 2.46. The molecule has 1 aliphatic rings. The molecule has 0 radical (unpaired) electrons. The highest BCUT2D eigenvalue weighted by Crippen LogP contribution is 2.57. The summed E-state index contributed by atoms with van der Waals surface area (Å²) in [5.41, 5.74) is 7.76. The molecule has 5 aromatic rings. The molecule has 0 amide bonds. The molecule has 0 N–H and O–H groups in total. The molecule has 0 nitrogen and oxygen atoms in total. The molecular weight excluding hydrogens is 475 g/mol. The lowest BCUT2D eigenvalue weighted by Gasteiger charge is -2.34. The van der Waals surface area contributed by atoms with Crippen molar-refractivity contribution >= 4 is 33.4 Å². The quantitative estimate of drug-likeness (QED) is 0.216. The van der Waals surface area contributed by atoms with Crippen molar-refractivity contribution < 1.29 is 0 Å². The molecule has 30 heavy (non-hydrogen) atoms. The van der Waals surface area contributed by atoms with E-state index in [4.69, 9.17) is 0 Å². The summed E-state index contributed by atoms with van der Waals surface area (Å²) in [6.07, 6.45) is 0. The summed E-state index contributed by atoms with van der Waals surface area (Å²) in [6, 6.07) is 42.3. The van der Waals surface area contributed by atoms with E-state index >= 15 is 0 Å². The highest BCUT2D eigenvalue weighted by atomic mass is 127. The van der Waals surface area contributed by atoms with Gasteiger partial charge in [-0.3, -0.25) is 0 Å². The van der Waals surface area contributed by atoms with E-state index in [1.54, 1.807) is 0 Å². The number of fused-ring (bicyclic) bond motifs is 5. The summed E-state index contributed by atoms with van der Waals surface area (Å²) < 4.78 is 1.26. The summed E-state index contributed by atoms with van der Waals surface area (Å²) in [4.78, 5) is 0. The minimum Gasteiger partial charge on any atom is -0.0622 e. The summed E-state index contributed by atoms with van der Waals surface area (Å²) in [6.45, 7) is 0. The minimum absolute atomic E-state index is 0.321. The van der Waals surface area contributed by atoms with Gasteiger partial charge in [0.05, 0.1) is 5.41 Å². The normalized spacial score (nSPS) is 13.8. The topological polar surface area (TPSA) is 0 Å². The van der Waals surface area contributed by atoms with Crippen LogP contribution < -0.4 is 0 Å². The molecule has 6 rings (SSSR count). The molecular formula is C29H19I. The zero-order valence-electron chi connectivity index (χ0n) is 16.3. The Labute approximate surface area is 190 Å². The summed E-state index contributed by atoms with van der Waals surface area (Å²) in [5.74, 6) is 0. The number of hydrogen-bond acceptors (Lipinski definition) is 0. The fraction of sp³-hybridized carbons (Fsp3) is 0.0345. The van der Waals surface area contributed by atoms with Crippen LogP contribution >= 0.6 is 22.6 Å². The predicted molar refractivity (Wildman–Crippen MR) is 134 cm³/mol. The van der Waals surface area contributed by atoms with Crippen molar-refractivity contribution in [2.24, 2.45) is 0 Å². The highest BCUT2D eigenvalue weighted by molar-refractivity contribution is 14.1. The Morgan fingerprint density at radius 3 is 1.87 bits per heavy atom. The van der Waals surface area contributed by atoms with Crippen LogP contribution in [0.2, 0.25) is 0 Å². The second-order valence-electron chi connectivity index (χ2n) is 7.88. The van der Waals surface area contributed by atoms with Gasteiger partial charge >= 0.3 is 0 Å². The van der Waals surface area contributed by atoms with E-state index in [0.29, 0.717) is 0 Å². The van der Waals surface area contributed by atoms with Gasteiger partial charge in [-0.2, -0.15) is 0 Å². The standard InChI is InChI=1S/C29H19I/c30-23-16-17-25-27(19-23)29(21-10-3-1-4-11-21,22-12-5-2-6-13-22)26-18-15-20-9-7-8-14-24(20)28(25)26/h1-19H. The first-order chi connectivity index (χ1) is 14.8. The van der Waals surface area contributed by atoms with Crippen LogP contribution in [0.15, 0.2) is 115 Å². The number of hydrogen-bond donors (Lipinski definition) is 0. The Hall–Kier alpha value is -2.91. The van der Waals surface area contributed by atoms with Gasteiger partial charge in [-0.25, -0.2) is 0 Å². The smallest absolute Gasteiger partial charge is 0.0622 e. The van der Waals surface area contributed by atoms with Gasteiger partial charge in [0.1, 0.15) is 0 Å². The van der Waals surface area contributed by atoms with Crippen molar-refractivity contribution in [3.8, 4) is 11.1 Å². The maximum atomic E-state index is 2.45. The van der Waals surface area contributed by atoms with Gasteiger partial charge < -0.3 is 0 Å². The van der Waals surface area contributed by atoms with Crippen LogP contribution in [0.5, 0.6) is 0 Å². The van der Waals surface area contributed by atoms with E-state index in [-0.39, 0.29) is 5.41 Å². The fourth-order valence-electron chi connectivity index (χ4n) is 5.23. The van der Waals surface area contributed by atoms with Gasteiger partial charge in [-0.05, 0) is 78.9 Å². The largest absolute Gasteiger partial charge is 0.0714 e. The molecule has 0 saturated heterocycles. The number of rotatable bonds is 2. The van der Waals surface area contributed by atoms with Gasteiger partial charge in [-0.15, -0.1) is 0 Å². The molecule has 0 fully saturated rings. The van der Waals surface area contributed by atoms with Gasteiger partial charge in [0.15, 0.2) is 0 Å².